The molecule has 0 saturated heterocycles. The molecule has 1 unspecified atom stereocenters. The molecular weight excluding hydrogens is 222 g/mol. The van der Waals surface area contributed by atoms with Gasteiger partial charge in [-0.3, -0.25) is 4.79 Å². The maximum Gasteiger partial charge on any atom is 0.337 e. The number of benzene rings is 1. The Balaban J connectivity index is 2.32. The van der Waals surface area contributed by atoms with Crippen molar-refractivity contribution in [3.63, 3.8) is 0 Å². The summed E-state index contributed by atoms with van der Waals surface area (Å²) in [6.45, 7) is 1.87. The number of carbonyl (C=O) groups excluding carboxylic acids is 2. The smallest absolute Gasteiger partial charge is 0.337 e. The number of fused-ring (bicyclic) bond motifs is 1. The molecule has 1 N–H and O–H groups in total. The van der Waals surface area contributed by atoms with E-state index in [1.54, 1.807) is 18.2 Å². The van der Waals surface area contributed by atoms with Gasteiger partial charge in [0.2, 0.25) is 0 Å². The molecule has 0 radical (unpaired) electrons. The van der Waals surface area contributed by atoms with E-state index in [0.717, 1.165) is 0 Å². The molecule has 0 spiro atoms. The Bertz CT molecular complexity index is 470. The summed E-state index contributed by atoms with van der Waals surface area (Å²) in [5.41, 5.74) is 0.882. The highest BCUT2D eigenvalue weighted by molar-refractivity contribution is 5.99. The van der Waals surface area contributed by atoms with Crippen LogP contribution in [0.3, 0.4) is 0 Å². The molecule has 17 heavy (non-hydrogen) atoms. The Morgan fingerprint density at radius 3 is 2.94 bits per heavy atom. The second-order valence-corrected chi connectivity index (χ2v) is 3.71. The van der Waals surface area contributed by atoms with Crippen molar-refractivity contribution in [2.45, 2.75) is 19.4 Å². The molecule has 0 aromatic heterocycles. The summed E-state index contributed by atoms with van der Waals surface area (Å²) in [6.07, 6.45) is 0.135. The predicted molar refractivity (Wildman–Crippen MR) is 61.1 cm³/mol. The van der Waals surface area contributed by atoms with Gasteiger partial charge in [0.15, 0.2) is 6.10 Å². The summed E-state index contributed by atoms with van der Waals surface area (Å²) in [7, 11) is 1.31. The number of carbonyl (C=O) groups is 2. The third kappa shape index (κ3) is 2.08. The molecule has 1 aromatic rings. The van der Waals surface area contributed by atoms with Crippen molar-refractivity contribution in [1.29, 1.82) is 0 Å². The van der Waals surface area contributed by atoms with Gasteiger partial charge in [-0.25, -0.2) is 4.79 Å². The highest BCUT2D eigenvalue weighted by Crippen LogP contribution is 2.31. The number of nitrogens with one attached hydrogen (secondary N) is 1. The van der Waals surface area contributed by atoms with Crippen molar-refractivity contribution in [2.75, 3.05) is 12.4 Å². The van der Waals surface area contributed by atoms with Crippen molar-refractivity contribution in [3.8, 4) is 5.75 Å². The lowest BCUT2D eigenvalue weighted by atomic mass is 10.1. The van der Waals surface area contributed by atoms with Gasteiger partial charge in [0, 0.05) is 0 Å². The van der Waals surface area contributed by atoms with E-state index in [9.17, 15) is 9.59 Å². The van der Waals surface area contributed by atoms with Gasteiger partial charge in [0.05, 0.1) is 18.4 Å². The summed E-state index contributed by atoms with van der Waals surface area (Å²) >= 11 is 0. The van der Waals surface area contributed by atoms with E-state index in [1.165, 1.54) is 7.11 Å². The van der Waals surface area contributed by atoms with Gasteiger partial charge in [0.25, 0.3) is 5.91 Å². The second-order valence-electron chi connectivity index (χ2n) is 3.71. The number of ether oxygens (including phenoxy) is 2. The van der Waals surface area contributed by atoms with Crippen LogP contribution in [0.25, 0.3) is 0 Å². The van der Waals surface area contributed by atoms with Crippen molar-refractivity contribution in [2.24, 2.45) is 0 Å². The zero-order chi connectivity index (χ0) is 12.4. The lowest BCUT2D eigenvalue weighted by molar-refractivity contribution is -0.123. The van der Waals surface area contributed by atoms with Crippen LogP contribution in [0.5, 0.6) is 5.75 Å². The average Bonchev–Trinajstić information content (AvgIpc) is 2.36. The van der Waals surface area contributed by atoms with Crippen molar-refractivity contribution in [3.05, 3.63) is 23.8 Å². The maximum absolute atomic E-state index is 11.6. The van der Waals surface area contributed by atoms with E-state index in [2.05, 4.69) is 10.1 Å². The Kier molecular flexibility index (Phi) is 2.99. The van der Waals surface area contributed by atoms with E-state index in [-0.39, 0.29) is 5.91 Å². The lowest BCUT2D eigenvalue weighted by Gasteiger charge is -2.25. The van der Waals surface area contributed by atoms with Gasteiger partial charge >= 0.3 is 5.97 Å². The Labute approximate surface area is 98.7 Å². The minimum Gasteiger partial charge on any atom is -0.478 e. The first-order chi connectivity index (χ1) is 8.15. The first-order valence-corrected chi connectivity index (χ1v) is 5.35. The number of hydrogen-bond acceptors (Lipinski definition) is 4. The second kappa shape index (κ2) is 4.45. The molecule has 1 aliphatic rings. The summed E-state index contributed by atoms with van der Waals surface area (Å²) in [5.74, 6) is -0.0641. The molecule has 0 bridgehead atoms. The summed E-state index contributed by atoms with van der Waals surface area (Å²) in [6, 6.07) is 4.81. The zero-order valence-corrected chi connectivity index (χ0v) is 9.65. The molecular formula is C12H13NO4. The Morgan fingerprint density at radius 1 is 1.53 bits per heavy atom. The zero-order valence-electron chi connectivity index (χ0n) is 9.65. The monoisotopic (exact) mass is 235 g/mol. The van der Waals surface area contributed by atoms with Crippen molar-refractivity contribution in [1.82, 2.24) is 0 Å². The van der Waals surface area contributed by atoms with Crippen LogP contribution in [-0.4, -0.2) is 25.1 Å². The molecule has 0 fully saturated rings. The average molecular weight is 235 g/mol. The van der Waals surface area contributed by atoms with Crippen LogP contribution < -0.4 is 10.1 Å². The molecule has 2 rings (SSSR count). The van der Waals surface area contributed by atoms with Gasteiger partial charge < -0.3 is 14.8 Å². The highest BCUT2D eigenvalue weighted by atomic mass is 16.5. The van der Waals surface area contributed by atoms with Crippen LogP contribution in [0.4, 0.5) is 5.69 Å². The number of hydrogen-bond donors (Lipinski definition) is 1. The molecule has 0 aliphatic carbocycles. The molecule has 1 aromatic carbocycles. The molecule has 1 aliphatic heterocycles. The largest absolute Gasteiger partial charge is 0.478 e. The van der Waals surface area contributed by atoms with Gasteiger partial charge in [0.1, 0.15) is 5.75 Å². The van der Waals surface area contributed by atoms with Crippen LogP contribution in [-0.2, 0) is 9.53 Å². The number of amides is 1. The fourth-order valence-corrected chi connectivity index (χ4v) is 1.66. The van der Waals surface area contributed by atoms with Crippen LogP contribution in [0.15, 0.2) is 18.2 Å². The fourth-order valence-electron chi connectivity index (χ4n) is 1.66. The van der Waals surface area contributed by atoms with Crippen LogP contribution in [0.2, 0.25) is 0 Å². The van der Waals surface area contributed by atoms with E-state index in [4.69, 9.17) is 4.74 Å². The molecule has 1 amide bonds. The van der Waals surface area contributed by atoms with Crippen LogP contribution >= 0.6 is 0 Å². The Hall–Kier alpha value is -2.04. The SMILES string of the molecule is CCC1Oc2ccc(C(=O)OC)cc2NC1=O. The number of rotatable bonds is 2. The highest BCUT2D eigenvalue weighted by Gasteiger charge is 2.26. The van der Waals surface area contributed by atoms with Gasteiger partial charge in [-0.1, -0.05) is 6.92 Å². The number of methoxy groups -OCH3 is 1. The molecule has 90 valence electrons. The van der Waals surface area contributed by atoms with E-state index < -0.39 is 12.1 Å². The van der Waals surface area contributed by atoms with Gasteiger partial charge in [-0.2, -0.15) is 0 Å². The van der Waals surface area contributed by atoms with Crippen LogP contribution in [0.1, 0.15) is 23.7 Å². The maximum atomic E-state index is 11.6. The third-order valence-electron chi connectivity index (χ3n) is 2.59. The minimum absolute atomic E-state index is 0.193. The Morgan fingerprint density at radius 2 is 2.29 bits per heavy atom. The molecule has 5 heteroatoms. The van der Waals surface area contributed by atoms with Crippen molar-refractivity contribution >= 4 is 17.6 Å². The van der Waals surface area contributed by atoms with Gasteiger partial charge in [-0.05, 0) is 24.6 Å². The van der Waals surface area contributed by atoms with Crippen molar-refractivity contribution < 1.29 is 19.1 Å². The van der Waals surface area contributed by atoms with Gasteiger partial charge in [-0.15, -0.1) is 0 Å². The normalized spacial score (nSPS) is 17.8. The fraction of sp³-hybridized carbons (Fsp3) is 0.333. The van der Waals surface area contributed by atoms with E-state index in [0.29, 0.717) is 23.4 Å². The molecule has 1 heterocycles. The molecule has 1 atom stereocenters. The quantitative estimate of drug-likeness (QED) is 0.790. The standard InChI is InChI=1S/C12H13NO4/c1-3-9-11(14)13-8-6-7(12(15)16-2)4-5-10(8)17-9/h4-6,9H,3H2,1-2H3,(H,13,14). The van der Waals surface area contributed by atoms with E-state index >= 15 is 0 Å². The first kappa shape index (κ1) is 11.4. The summed E-state index contributed by atoms with van der Waals surface area (Å²) in [5, 5.41) is 2.71. The number of anilines is 1. The first-order valence-electron chi connectivity index (χ1n) is 5.35. The topological polar surface area (TPSA) is 64.6 Å². The minimum atomic E-state index is -0.466. The van der Waals surface area contributed by atoms with Crippen LogP contribution in [0, 0.1) is 0 Å². The predicted octanol–water partition coefficient (Wildman–Crippen LogP) is 1.58. The molecule has 5 nitrogen and oxygen atoms in total. The third-order valence-corrected chi connectivity index (χ3v) is 2.59. The van der Waals surface area contributed by atoms with E-state index in [1.807, 2.05) is 6.92 Å². The lowest BCUT2D eigenvalue weighted by Crippen LogP contribution is -2.36. The summed E-state index contributed by atoms with van der Waals surface area (Å²) in [4.78, 5) is 22.9. The summed E-state index contributed by atoms with van der Waals surface area (Å²) < 4.78 is 10.1. The number of esters is 1. The molecule has 0 saturated carbocycles.